The first-order valence-electron chi connectivity index (χ1n) is 27.3. The Balaban J connectivity index is 1.33. The smallest absolute Gasteiger partial charge is 0.252 e. The standard InChI is InChI=1S/C68H83BN2/c1-41-31-46-49(65(12,13)29-27-63(46,8)9)37-55(41)71-57-38-50-47(64(10,11)28-30-66(50,14)15)35-52(57)69-53-36-48-51(68(18,19)40-67(48,16)17)39-56(53)70(58-33-44(62(5,6)7)34-59(71)60(58)69)54-26-25-43(61(2,3)4)32-45(54)42-23-21-20-22-24-42/h20-26,31-39H,27-30,40H2,1-19H3. The fourth-order valence-electron chi connectivity index (χ4n) is 14.5. The second-order valence-electron chi connectivity index (χ2n) is 29.2. The predicted octanol–water partition coefficient (Wildman–Crippen LogP) is 17.0. The van der Waals surface area contributed by atoms with Crippen LogP contribution in [0.3, 0.4) is 0 Å². The lowest BCUT2D eigenvalue weighted by molar-refractivity contribution is 0.331. The predicted molar refractivity (Wildman–Crippen MR) is 309 cm³/mol. The summed E-state index contributed by atoms with van der Waals surface area (Å²) in [7, 11) is 0. The van der Waals surface area contributed by atoms with E-state index in [4.69, 9.17) is 0 Å². The quantitative estimate of drug-likeness (QED) is 0.163. The van der Waals surface area contributed by atoms with Crippen LogP contribution >= 0.6 is 0 Å². The second-order valence-corrected chi connectivity index (χ2v) is 29.2. The molecule has 368 valence electrons. The van der Waals surface area contributed by atoms with Gasteiger partial charge >= 0.3 is 0 Å². The van der Waals surface area contributed by atoms with Crippen LogP contribution in [0.4, 0.5) is 34.1 Å². The Morgan fingerprint density at radius 1 is 0.394 bits per heavy atom. The summed E-state index contributed by atoms with van der Waals surface area (Å²) >= 11 is 0. The Labute approximate surface area is 430 Å². The molecule has 0 radical (unpaired) electrons. The van der Waals surface area contributed by atoms with Crippen molar-refractivity contribution in [3.63, 3.8) is 0 Å². The molecule has 3 aliphatic carbocycles. The number of hydrogen-bond acceptors (Lipinski definition) is 2. The van der Waals surface area contributed by atoms with Gasteiger partial charge in [0.2, 0.25) is 0 Å². The maximum Gasteiger partial charge on any atom is 0.252 e. The molecule has 0 fully saturated rings. The molecule has 0 saturated heterocycles. The van der Waals surface area contributed by atoms with Crippen molar-refractivity contribution in [2.45, 2.75) is 207 Å². The third-order valence-corrected chi connectivity index (χ3v) is 19.0. The molecule has 0 atom stereocenters. The number of aryl methyl sites for hydroxylation is 1. The molecule has 3 heteroatoms. The van der Waals surface area contributed by atoms with Crippen molar-refractivity contribution in [2.24, 2.45) is 0 Å². The molecule has 2 nitrogen and oxygen atoms in total. The van der Waals surface area contributed by atoms with E-state index in [-0.39, 0.29) is 50.0 Å². The minimum absolute atomic E-state index is 0.0169. The lowest BCUT2D eigenvalue weighted by Crippen LogP contribution is -2.62. The normalized spacial score (nSPS) is 20.4. The number of hydrogen-bond donors (Lipinski definition) is 0. The molecular weight excluding hydrogens is 856 g/mol. The third-order valence-electron chi connectivity index (χ3n) is 19.0. The van der Waals surface area contributed by atoms with Gasteiger partial charge in [-0.1, -0.05) is 179 Å². The minimum Gasteiger partial charge on any atom is -0.311 e. The molecule has 5 aliphatic rings. The van der Waals surface area contributed by atoms with E-state index in [0.717, 1.165) is 6.42 Å². The summed E-state index contributed by atoms with van der Waals surface area (Å²) in [5, 5.41) is 0. The van der Waals surface area contributed by atoms with Crippen molar-refractivity contribution in [2.75, 3.05) is 9.80 Å². The molecule has 0 amide bonds. The van der Waals surface area contributed by atoms with Crippen molar-refractivity contribution < 1.29 is 0 Å². The van der Waals surface area contributed by atoms with Crippen LogP contribution in [0.25, 0.3) is 11.1 Å². The first-order valence-corrected chi connectivity index (χ1v) is 27.3. The molecule has 0 N–H and O–H groups in total. The lowest BCUT2D eigenvalue weighted by atomic mass is 9.32. The Morgan fingerprint density at radius 3 is 1.28 bits per heavy atom. The van der Waals surface area contributed by atoms with Crippen LogP contribution in [0.5, 0.6) is 0 Å². The van der Waals surface area contributed by atoms with Gasteiger partial charge in [-0.25, -0.2) is 0 Å². The molecule has 11 rings (SSSR count). The van der Waals surface area contributed by atoms with E-state index in [1.54, 1.807) is 0 Å². The van der Waals surface area contributed by atoms with Gasteiger partial charge in [-0.05, 0) is 197 Å². The number of benzene rings is 6. The molecular formula is C68H83BN2. The Morgan fingerprint density at radius 2 is 0.803 bits per heavy atom. The zero-order valence-electron chi connectivity index (χ0n) is 47.2. The molecule has 0 unspecified atom stereocenters. The number of anilines is 6. The fourth-order valence-corrected chi connectivity index (χ4v) is 14.5. The summed E-state index contributed by atoms with van der Waals surface area (Å²) in [6, 6.07) is 40.0. The highest BCUT2D eigenvalue weighted by molar-refractivity contribution is 7.00. The van der Waals surface area contributed by atoms with Gasteiger partial charge in [0.15, 0.2) is 0 Å². The van der Waals surface area contributed by atoms with Crippen LogP contribution in [0.15, 0.2) is 97.1 Å². The van der Waals surface area contributed by atoms with Gasteiger partial charge in [-0.2, -0.15) is 0 Å². The van der Waals surface area contributed by atoms with Gasteiger partial charge in [0.25, 0.3) is 6.71 Å². The summed E-state index contributed by atoms with van der Waals surface area (Å²) in [5.41, 5.74) is 28.1. The molecule has 2 heterocycles. The maximum absolute atomic E-state index is 2.79. The Kier molecular flexibility index (Phi) is 10.2. The van der Waals surface area contributed by atoms with Crippen LogP contribution < -0.4 is 26.2 Å². The number of rotatable bonds is 3. The summed E-state index contributed by atoms with van der Waals surface area (Å²) in [4.78, 5) is 5.53. The molecule has 0 bridgehead atoms. The first-order chi connectivity index (χ1) is 32.8. The average Bonchev–Trinajstić information content (AvgIpc) is 3.46. The molecule has 0 aromatic heterocycles. The monoisotopic (exact) mass is 939 g/mol. The van der Waals surface area contributed by atoms with Gasteiger partial charge in [0, 0.05) is 34.0 Å². The average molecular weight is 939 g/mol. The Hall–Kier alpha value is -5.02. The van der Waals surface area contributed by atoms with E-state index >= 15 is 0 Å². The van der Waals surface area contributed by atoms with E-state index < -0.39 is 0 Å². The van der Waals surface area contributed by atoms with E-state index in [1.807, 2.05) is 0 Å². The van der Waals surface area contributed by atoms with Crippen LogP contribution in [-0.4, -0.2) is 6.71 Å². The largest absolute Gasteiger partial charge is 0.311 e. The zero-order valence-corrected chi connectivity index (χ0v) is 47.2. The minimum atomic E-state index is -0.125. The van der Waals surface area contributed by atoms with Crippen LogP contribution in [0.1, 0.15) is 207 Å². The van der Waals surface area contributed by atoms with Gasteiger partial charge in [-0.15, -0.1) is 0 Å². The van der Waals surface area contributed by atoms with E-state index in [0.29, 0.717) is 0 Å². The van der Waals surface area contributed by atoms with Crippen LogP contribution in [0, 0.1) is 6.92 Å². The second kappa shape index (κ2) is 15.0. The van der Waals surface area contributed by atoms with Crippen LogP contribution in [0.2, 0.25) is 0 Å². The SMILES string of the molecule is Cc1cc2c(cc1N1c3cc4c(cc3B3c5cc6c(cc5N(c5ccc(C(C)(C)C)cc5-c5ccccc5)c5cc(C(C)(C)C)cc1c53)C(C)(C)CC6(C)C)C(C)(C)CCC4(C)C)C(C)(C)CCC2(C)C. The van der Waals surface area contributed by atoms with Crippen molar-refractivity contribution in [1.29, 1.82) is 0 Å². The zero-order chi connectivity index (χ0) is 51.1. The lowest BCUT2D eigenvalue weighted by Gasteiger charge is -2.49. The number of nitrogens with zero attached hydrogens (tertiary/aromatic N) is 2. The third kappa shape index (κ3) is 7.30. The van der Waals surface area contributed by atoms with Crippen molar-refractivity contribution >= 4 is 57.2 Å². The highest BCUT2D eigenvalue weighted by Gasteiger charge is 2.51. The first kappa shape index (κ1) is 48.3. The fraction of sp³-hybridized carbons (Fsp3) is 0.471. The molecule has 6 aromatic rings. The van der Waals surface area contributed by atoms with Crippen molar-refractivity contribution in [3.8, 4) is 11.1 Å². The Bertz CT molecular complexity index is 3210. The summed E-state index contributed by atoms with van der Waals surface area (Å²) in [6.07, 6.45) is 5.86. The molecule has 0 saturated carbocycles. The maximum atomic E-state index is 2.79. The highest BCUT2D eigenvalue weighted by Crippen LogP contribution is 2.57. The van der Waals surface area contributed by atoms with Gasteiger partial charge in [0.1, 0.15) is 0 Å². The molecule has 6 aromatic carbocycles. The van der Waals surface area contributed by atoms with Crippen molar-refractivity contribution in [1.82, 2.24) is 0 Å². The van der Waals surface area contributed by atoms with Crippen molar-refractivity contribution in [3.05, 3.63) is 147 Å². The molecule has 2 aliphatic heterocycles. The van der Waals surface area contributed by atoms with Gasteiger partial charge < -0.3 is 9.80 Å². The highest BCUT2D eigenvalue weighted by atomic mass is 15.2. The summed E-state index contributed by atoms with van der Waals surface area (Å²) in [6.45, 7) is 46.7. The number of fused-ring (bicyclic) bond motifs is 7. The molecule has 71 heavy (non-hydrogen) atoms. The summed E-state index contributed by atoms with van der Waals surface area (Å²) in [5.74, 6) is 0. The van der Waals surface area contributed by atoms with E-state index in [1.165, 1.54) is 137 Å². The topological polar surface area (TPSA) is 6.48 Å². The van der Waals surface area contributed by atoms with Crippen LogP contribution in [-0.2, 0) is 43.3 Å². The van der Waals surface area contributed by atoms with Gasteiger partial charge in [0.05, 0.1) is 5.69 Å². The van der Waals surface area contributed by atoms with E-state index in [9.17, 15) is 0 Å². The van der Waals surface area contributed by atoms with E-state index in [2.05, 4.69) is 238 Å². The summed E-state index contributed by atoms with van der Waals surface area (Å²) < 4.78 is 0. The molecule has 0 spiro atoms. The van der Waals surface area contributed by atoms with Gasteiger partial charge in [-0.3, -0.25) is 0 Å².